The molecule has 1 N–H and O–H groups in total. The van der Waals surface area contributed by atoms with Crippen LogP contribution < -0.4 is 5.32 Å². The van der Waals surface area contributed by atoms with Crippen molar-refractivity contribution >= 4 is 5.91 Å². The summed E-state index contributed by atoms with van der Waals surface area (Å²) in [7, 11) is 2.15. The van der Waals surface area contributed by atoms with Crippen LogP contribution in [0.25, 0.3) is 0 Å². The molecule has 0 aromatic heterocycles. The van der Waals surface area contributed by atoms with Crippen LogP contribution in [0.1, 0.15) is 53.9 Å². The highest BCUT2D eigenvalue weighted by Crippen LogP contribution is 2.34. The quantitative estimate of drug-likeness (QED) is 0.831. The van der Waals surface area contributed by atoms with Crippen LogP contribution in [0.3, 0.4) is 0 Å². The van der Waals surface area contributed by atoms with Gasteiger partial charge in [0.2, 0.25) is 5.91 Å². The van der Waals surface area contributed by atoms with Gasteiger partial charge in [-0.2, -0.15) is 0 Å². The van der Waals surface area contributed by atoms with Crippen LogP contribution in [0.5, 0.6) is 0 Å². The van der Waals surface area contributed by atoms with Crippen LogP contribution in [0.4, 0.5) is 0 Å². The Kier molecular flexibility index (Phi) is 5.84. The molecule has 1 unspecified atom stereocenters. The molecule has 3 nitrogen and oxygen atoms in total. The van der Waals surface area contributed by atoms with Crippen molar-refractivity contribution in [2.24, 2.45) is 17.3 Å². The minimum absolute atomic E-state index is 0.239. The maximum Gasteiger partial charge on any atom is 0.226 e. The molecular formula is C16H32N2O. The lowest BCUT2D eigenvalue weighted by atomic mass is 9.72. The lowest BCUT2D eigenvalue weighted by molar-refractivity contribution is -0.134. The van der Waals surface area contributed by atoms with E-state index in [0.29, 0.717) is 17.9 Å². The van der Waals surface area contributed by atoms with E-state index in [1.54, 1.807) is 0 Å². The molecule has 1 fully saturated rings. The van der Waals surface area contributed by atoms with Gasteiger partial charge in [0.05, 0.1) is 0 Å². The topological polar surface area (TPSA) is 32.3 Å². The van der Waals surface area contributed by atoms with Gasteiger partial charge >= 0.3 is 0 Å². The van der Waals surface area contributed by atoms with Crippen LogP contribution in [0.2, 0.25) is 0 Å². The molecule has 1 amide bonds. The zero-order valence-electron chi connectivity index (χ0n) is 13.6. The van der Waals surface area contributed by atoms with Gasteiger partial charge in [-0.25, -0.2) is 0 Å². The molecule has 1 aliphatic rings. The smallest absolute Gasteiger partial charge is 0.226 e. The molecule has 0 aromatic rings. The molecule has 0 radical (unpaired) electrons. The van der Waals surface area contributed by atoms with E-state index >= 15 is 0 Å². The summed E-state index contributed by atoms with van der Waals surface area (Å²) in [5, 5.41) is 3.30. The summed E-state index contributed by atoms with van der Waals surface area (Å²) in [6.45, 7) is 13.0. The van der Waals surface area contributed by atoms with E-state index in [4.69, 9.17) is 0 Å². The Morgan fingerprint density at radius 2 is 1.79 bits per heavy atom. The molecule has 0 bridgehead atoms. The molecule has 0 saturated carbocycles. The number of rotatable bonds is 5. The minimum Gasteiger partial charge on any atom is -0.353 e. The molecule has 1 aliphatic heterocycles. The van der Waals surface area contributed by atoms with E-state index in [0.717, 1.165) is 32.4 Å². The molecule has 1 rings (SSSR count). The lowest BCUT2D eigenvalue weighted by Crippen LogP contribution is -2.50. The van der Waals surface area contributed by atoms with Gasteiger partial charge < -0.3 is 10.2 Å². The maximum atomic E-state index is 12.7. The van der Waals surface area contributed by atoms with Gasteiger partial charge in [0, 0.05) is 11.5 Å². The molecule has 0 aromatic carbocycles. The molecular weight excluding hydrogens is 236 g/mol. The van der Waals surface area contributed by atoms with E-state index in [2.05, 4.69) is 51.9 Å². The van der Waals surface area contributed by atoms with Crippen molar-refractivity contribution in [1.29, 1.82) is 0 Å². The molecule has 1 saturated heterocycles. The van der Waals surface area contributed by atoms with Gasteiger partial charge in [-0.3, -0.25) is 4.79 Å². The number of likely N-dealkylation sites (tertiary alicyclic amines) is 1. The van der Waals surface area contributed by atoms with Crippen molar-refractivity contribution < 1.29 is 4.79 Å². The van der Waals surface area contributed by atoms with Crippen molar-refractivity contribution in [3.05, 3.63) is 0 Å². The fraction of sp³-hybridized carbons (Fsp3) is 0.938. The second kappa shape index (κ2) is 6.74. The van der Waals surface area contributed by atoms with Crippen LogP contribution in [-0.4, -0.2) is 37.0 Å². The molecule has 0 aliphatic carbocycles. The summed E-state index contributed by atoms with van der Waals surface area (Å²) < 4.78 is 0. The third-order valence-electron chi connectivity index (χ3n) is 4.68. The summed E-state index contributed by atoms with van der Waals surface area (Å²) in [6.07, 6.45) is 3.12. The van der Waals surface area contributed by atoms with Gasteiger partial charge in [0.25, 0.3) is 0 Å². The number of nitrogens with zero attached hydrogens (tertiary/aromatic N) is 1. The molecule has 19 heavy (non-hydrogen) atoms. The SMILES string of the molecule is CC(C)CC(C)(C(=O)NC1CCN(C)CC1)C(C)C. The second-order valence-corrected chi connectivity index (χ2v) is 7.22. The van der Waals surface area contributed by atoms with E-state index in [9.17, 15) is 4.79 Å². The van der Waals surface area contributed by atoms with Crippen LogP contribution in [0, 0.1) is 17.3 Å². The van der Waals surface area contributed by atoms with Crippen molar-refractivity contribution in [2.45, 2.75) is 59.9 Å². The Labute approximate surface area is 119 Å². The van der Waals surface area contributed by atoms with Gasteiger partial charge in [0.1, 0.15) is 0 Å². The maximum absolute atomic E-state index is 12.7. The van der Waals surface area contributed by atoms with Crippen LogP contribution >= 0.6 is 0 Å². The highest BCUT2D eigenvalue weighted by atomic mass is 16.2. The molecule has 112 valence electrons. The van der Waals surface area contributed by atoms with E-state index in [-0.39, 0.29) is 11.3 Å². The number of amides is 1. The first-order chi connectivity index (χ1) is 8.75. The monoisotopic (exact) mass is 268 g/mol. The van der Waals surface area contributed by atoms with Crippen molar-refractivity contribution in [3.8, 4) is 0 Å². The van der Waals surface area contributed by atoms with Crippen molar-refractivity contribution in [1.82, 2.24) is 10.2 Å². The summed E-state index contributed by atoms with van der Waals surface area (Å²) in [6, 6.07) is 0.369. The minimum atomic E-state index is -0.239. The Morgan fingerprint density at radius 3 is 2.21 bits per heavy atom. The highest BCUT2D eigenvalue weighted by molar-refractivity contribution is 5.82. The fourth-order valence-corrected chi connectivity index (χ4v) is 2.94. The average Bonchev–Trinajstić information content (AvgIpc) is 2.30. The largest absolute Gasteiger partial charge is 0.353 e. The lowest BCUT2D eigenvalue weighted by Gasteiger charge is -2.37. The number of hydrogen-bond acceptors (Lipinski definition) is 2. The predicted molar refractivity (Wildman–Crippen MR) is 81.1 cm³/mol. The Balaban J connectivity index is 2.62. The molecule has 3 heteroatoms. The number of piperidine rings is 1. The number of hydrogen-bond donors (Lipinski definition) is 1. The molecule has 1 heterocycles. The molecule has 1 atom stereocenters. The number of carbonyl (C=O) groups excluding carboxylic acids is 1. The summed E-state index contributed by atoms with van der Waals surface area (Å²) >= 11 is 0. The van der Waals surface area contributed by atoms with Crippen molar-refractivity contribution in [2.75, 3.05) is 20.1 Å². The third kappa shape index (κ3) is 4.48. The number of carbonyl (C=O) groups is 1. The first-order valence-corrected chi connectivity index (χ1v) is 7.75. The predicted octanol–water partition coefficient (Wildman–Crippen LogP) is 2.91. The Bertz CT molecular complexity index is 293. The van der Waals surface area contributed by atoms with Crippen molar-refractivity contribution in [3.63, 3.8) is 0 Å². The van der Waals surface area contributed by atoms with Gasteiger partial charge in [-0.1, -0.05) is 34.6 Å². The third-order valence-corrected chi connectivity index (χ3v) is 4.68. The van der Waals surface area contributed by atoms with E-state index in [1.165, 1.54) is 0 Å². The standard InChI is InChI=1S/C16H32N2O/c1-12(2)11-16(5,13(3)4)15(19)17-14-7-9-18(6)10-8-14/h12-14H,7-11H2,1-6H3,(H,17,19). The van der Waals surface area contributed by atoms with Gasteiger partial charge in [-0.05, 0) is 51.2 Å². The van der Waals surface area contributed by atoms with Gasteiger partial charge in [0.15, 0.2) is 0 Å². The zero-order chi connectivity index (χ0) is 14.6. The zero-order valence-corrected chi connectivity index (χ0v) is 13.6. The van der Waals surface area contributed by atoms with Crippen LogP contribution in [-0.2, 0) is 4.79 Å². The van der Waals surface area contributed by atoms with Gasteiger partial charge in [-0.15, -0.1) is 0 Å². The van der Waals surface area contributed by atoms with Crippen LogP contribution in [0.15, 0.2) is 0 Å². The summed E-state index contributed by atoms with van der Waals surface area (Å²) in [5.74, 6) is 1.18. The van der Waals surface area contributed by atoms with E-state index < -0.39 is 0 Å². The molecule has 0 spiro atoms. The summed E-state index contributed by atoms with van der Waals surface area (Å²) in [5.41, 5.74) is -0.239. The Hall–Kier alpha value is -0.570. The fourth-order valence-electron chi connectivity index (χ4n) is 2.94. The highest BCUT2D eigenvalue weighted by Gasteiger charge is 2.38. The number of nitrogens with one attached hydrogen (secondary N) is 1. The second-order valence-electron chi connectivity index (χ2n) is 7.22. The Morgan fingerprint density at radius 1 is 1.26 bits per heavy atom. The first-order valence-electron chi connectivity index (χ1n) is 7.75. The average molecular weight is 268 g/mol. The summed E-state index contributed by atoms with van der Waals surface area (Å²) in [4.78, 5) is 15.0. The first kappa shape index (κ1) is 16.5. The van der Waals surface area contributed by atoms with E-state index in [1.807, 2.05) is 0 Å². The normalized spacial score (nSPS) is 21.7.